The second kappa shape index (κ2) is 5.63. The third-order valence-electron chi connectivity index (χ3n) is 4.12. The molecule has 0 aliphatic heterocycles. The molecule has 2 rings (SSSR count). The Morgan fingerprint density at radius 2 is 2.29 bits per heavy atom. The van der Waals surface area contributed by atoms with Crippen LogP contribution in [0.25, 0.3) is 0 Å². The zero-order chi connectivity index (χ0) is 12.3. The van der Waals surface area contributed by atoms with Crippen LogP contribution in [-0.4, -0.2) is 21.5 Å². The lowest BCUT2D eigenvalue weighted by Gasteiger charge is -2.24. The number of nitrogens with zero attached hydrogens (tertiary/aromatic N) is 3. The summed E-state index contributed by atoms with van der Waals surface area (Å²) in [6.45, 7) is 5.48. The van der Waals surface area contributed by atoms with Crippen LogP contribution in [0.3, 0.4) is 0 Å². The van der Waals surface area contributed by atoms with E-state index in [2.05, 4.69) is 29.5 Å². The molecule has 0 saturated heterocycles. The van der Waals surface area contributed by atoms with Crippen LogP contribution in [0.15, 0.2) is 6.20 Å². The lowest BCUT2D eigenvalue weighted by Crippen LogP contribution is -2.29. The van der Waals surface area contributed by atoms with E-state index in [0.717, 1.165) is 18.4 Å². The lowest BCUT2D eigenvalue weighted by molar-refractivity contribution is 0.343. The fourth-order valence-electron chi connectivity index (χ4n) is 3.10. The Labute approximate surface area is 104 Å². The summed E-state index contributed by atoms with van der Waals surface area (Å²) in [7, 11) is 1.99. The van der Waals surface area contributed by atoms with E-state index in [0.29, 0.717) is 6.04 Å². The first-order valence-corrected chi connectivity index (χ1v) is 6.84. The summed E-state index contributed by atoms with van der Waals surface area (Å²) in [5, 5.41) is 11.7. The van der Waals surface area contributed by atoms with E-state index in [1.165, 1.54) is 31.4 Å². The normalized spacial score (nSPS) is 26.3. The van der Waals surface area contributed by atoms with Crippen LogP contribution in [0.1, 0.15) is 51.3 Å². The average Bonchev–Trinajstić information content (AvgIpc) is 2.95. The number of hydrogen-bond acceptors (Lipinski definition) is 3. The Morgan fingerprint density at radius 1 is 1.47 bits per heavy atom. The Bertz CT molecular complexity index is 347. The molecule has 0 spiro atoms. The molecule has 1 aromatic rings. The molecule has 1 aliphatic carbocycles. The second-order valence-corrected chi connectivity index (χ2v) is 5.17. The summed E-state index contributed by atoms with van der Waals surface area (Å²) in [5.41, 5.74) is 1.23. The van der Waals surface area contributed by atoms with Gasteiger partial charge in [0, 0.05) is 7.05 Å². The van der Waals surface area contributed by atoms with Crippen LogP contribution in [0.4, 0.5) is 0 Å². The van der Waals surface area contributed by atoms with E-state index >= 15 is 0 Å². The van der Waals surface area contributed by atoms with Gasteiger partial charge in [-0.1, -0.05) is 31.9 Å². The molecule has 4 nitrogen and oxygen atoms in total. The van der Waals surface area contributed by atoms with Crippen molar-refractivity contribution in [2.24, 2.45) is 18.9 Å². The van der Waals surface area contributed by atoms with Crippen molar-refractivity contribution in [1.29, 1.82) is 0 Å². The van der Waals surface area contributed by atoms with Crippen molar-refractivity contribution >= 4 is 0 Å². The molecule has 1 saturated carbocycles. The topological polar surface area (TPSA) is 42.7 Å². The summed E-state index contributed by atoms with van der Waals surface area (Å²) in [4.78, 5) is 0. The van der Waals surface area contributed by atoms with E-state index < -0.39 is 0 Å². The molecule has 96 valence electrons. The molecule has 3 unspecified atom stereocenters. The number of nitrogens with one attached hydrogen (secondary N) is 1. The summed E-state index contributed by atoms with van der Waals surface area (Å²) in [6, 6.07) is 0.427. The molecule has 4 heteroatoms. The van der Waals surface area contributed by atoms with E-state index in [-0.39, 0.29) is 0 Å². The summed E-state index contributed by atoms with van der Waals surface area (Å²) in [6.07, 6.45) is 7.29. The molecule has 1 N–H and O–H groups in total. The maximum absolute atomic E-state index is 4.06. The van der Waals surface area contributed by atoms with Gasteiger partial charge in [-0.05, 0) is 31.2 Å². The van der Waals surface area contributed by atoms with Gasteiger partial charge in [0.2, 0.25) is 0 Å². The van der Waals surface area contributed by atoms with Gasteiger partial charge in [0.25, 0.3) is 0 Å². The zero-order valence-corrected chi connectivity index (χ0v) is 11.2. The molecular weight excluding hydrogens is 212 g/mol. The highest BCUT2D eigenvalue weighted by molar-refractivity contribution is 5.05. The van der Waals surface area contributed by atoms with Gasteiger partial charge in [0.15, 0.2) is 0 Å². The smallest absolute Gasteiger partial charge is 0.0756 e. The molecule has 0 bridgehead atoms. The van der Waals surface area contributed by atoms with Gasteiger partial charge in [-0.2, -0.15) is 0 Å². The van der Waals surface area contributed by atoms with Crippen molar-refractivity contribution in [1.82, 2.24) is 20.3 Å². The molecule has 1 aromatic heterocycles. The van der Waals surface area contributed by atoms with Crippen molar-refractivity contribution in [2.45, 2.75) is 45.6 Å². The van der Waals surface area contributed by atoms with Crippen molar-refractivity contribution < 1.29 is 0 Å². The van der Waals surface area contributed by atoms with Crippen molar-refractivity contribution in [3.8, 4) is 0 Å². The predicted octanol–water partition coefficient (Wildman–Crippen LogP) is 2.29. The summed E-state index contributed by atoms with van der Waals surface area (Å²) in [5.74, 6) is 1.67. The zero-order valence-electron chi connectivity index (χ0n) is 11.2. The minimum Gasteiger partial charge on any atom is -0.309 e. The number of aryl methyl sites for hydroxylation is 1. The molecule has 1 heterocycles. The molecule has 0 aromatic carbocycles. The Morgan fingerprint density at radius 3 is 2.82 bits per heavy atom. The van der Waals surface area contributed by atoms with Crippen molar-refractivity contribution in [3.05, 3.63) is 11.9 Å². The summed E-state index contributed by atoms with van der Waals surface area (Å²) >= 11 is 0. The molecule has 3 atom stereocenters. The first-order valence-electron chi connectivity index (χ1n) is 6.84. The van der Waals surface area contributed by atoms with Gasteiger partial charge in [0.1, 0.15) is 0 Å². The number of aromatic nitrogens is 3. The van der Waals surface area contributed by atoms with Crippen LogP contribution in [0.5, 0.6) is 0 Å². The second-order valence-electron chi connectivity index (χ2n) is 5.17. The van der Waals surface area contributed by atoms with Crippen LogP contribution >= 0.6 is 0 Å². The largest absolute Gasteiger partial charge is 0.309 e. The van der Waals surface area contributed by atoms with Crippen LogP contribution in [-0.2, 0) is 7.05 Å². The molecule has 0 radical (unpaired) electrons. The van der Waals surface area contributed by atoms with Gasteiger partial charge in [-0.15, -0.1) is 5.10 Å². The summed E-state index contributed by atoms with van der Waals surface area (Å²) < 4.78 is 1.91. The molecule has 0 amide bonds. The fraction of sp³-hybridized carbons (Fsp3) is 0.846. The van der Waals surface area contributed by atoms with Crippen LogP contribution < -0.4 is 5.32 Å². The molecular formula is C13H24N4. The Balaban J connectivity index is 2.10. The lowest BCUT2D eigenvalue weighted by atomic mass is 9.93. The number of rotatable bonds is 5. The molecule has 1 fully saturated rings. The Kier molecular flexibility index (Phi) is 4.15. The molecule has 1 aliphatic rings. The van der Waals surface area contributed by atoms with Crippen LogP contribution in [0, 0.1) is 11.8 Å². The Hall–Kier alpha value is -0.900. The minimum atomic E-state index is 0.427. The first kappa shape index (κ1) is 12.6. The van der Waals surface area contributed by atoms with Crippen molar-refractivity contribution in [3.63, 3.8) is 0 Å². The fourth-order valence-corrected chi connectivity index (χ4v) is 3.10. The first-order chi connectivity index (χ1) is 8.26. The van der Waals surface area contributed by atoms with E-state index in [9.17, 15) is 0 Å². The quantitative estimate of drug-likeness (QED) is 0.853. The van der Waals surface area contributed by atoms with Gasteiger partial charge in [-0.3, -0.25) is 4.68 Å². The van der Waals surface area contributed by atoms with Gasteiger partial charge in [0.05, 0.1) is 17.9 Å². The minimum absolute atomic E-state index is 0.427. The predicted molar refractivity (Wildman–Crippen MR) is 68.5 cm³/mol. The standard InChI is InChI=1S/C13H24N4/c1-4-10-6-7-11(8-10)13(14-5-2)12-9-15-16-17(12)3/h9-11,13-14H,4-8H2,1-3H3. The van der Waals surface area contributed by atoms with Crippen LogP contribution in [0.2, 0.25) is 0 Å². The maximum atomic E-state index is 4.06. The maximum Gasteiger partial charge on any atom is 0.0756 e. The third-order valence-corrected chi connectivity index (χ3v) is 4.12. The highest BCUT2D eigenvalue weighted by atomic mass is 15.4. The monoisotopic (exact) mass is 236 g/mol. The average molecular weight is 236 g/mol. The van der Waals surface area contributed by atoms with Gasteiger partial charge >= 0.3 is 0 Å². The van der Waals surface area contributed by atoms with Gasteiger partial charge in [-0.25, -0.2) is 0 Å². The third kappa shape index (κ3) is 2.68. The number of hydrogen-bond donors (Lipinski definition) is 1. The van der Waals surface area contributed by atoms with Crippen molar-refractivity contribution in [2.75, 3.05) is 6.54 Å². The van der Waals surface area contributed by atoms with E-state index in [1.807, 2.05) is 17.9 Å². The highest BCUT2D eigenvalue weighted by Crippen LogP contribution is 2.39. The van der Waals surface area contributed by atoms with E-state index in [1.54, 1.807) is 0 Å². The SMILES string of the molecule is CCNC(c1cnnn1C)C1CCC(CC)C1. The highest BCUT2D eigenvalue weighted by Gasteiger charge is 2.32. The van der Waals surface area contributed by atoms with Gasteiger partial charge < -0.3 is 5.32 Å². The van der Waals surface area contributed by atoms with E-state index in [4.69, 9.17) is 0 Å². The molecule has 17 heavy (non-hydrogen) atoms.